The molecule has 2 rings (SSSR count). The third kappa shape index (κ3) is 1.73. The Balaban J connectivity index is 2.33. The van der Waals surface area contributed by atoms with Gasteiger partial charge < -0.3 is 10.2 Å². The van der Waals surface area contributed by atoms with Crippen LogP contribution in [0, 0.1) is 12.3 Å². The summed E-state index contributed by atoms with van der Waals surface area (Å²) in [5.41, 5.74) is 2.61. The maximum atomic E-state index is 5.36. The predicted molar refractivity (Wildman–Crippen MR) is 59.2 cm³/mol. The highest BCUT2D eigenvalue weighted by molar-refractivity contribution is 5.55. The molecule has 2 heteroatoms. The second-order valence-corrected chi connectivity index (χ2v) is 3.43. The number of benzene rings is 1. The van der Waals surface area contributed by atoms with Crippen LogP contribution >= 0.6 is 0 Å². The minimum atomic E-state index is 0.693. The number of fused-ring (bicyclic) bond motifs is 1. The van der Waals surface area contributed by atoms with Crippen LogP contribution in [0.2, 0.25) is 0 Å². The van der Waals surface area contributed by atoms with Gasteiger partial charge in [0.15, 0.2) is 0 Å². The van der Waals surface area contributed by atoms with Gasteiger partial charge in [-0.15, -0.1) is 6.42 Å². The topological polar surface area (TPSA) is 15.3 Å². The van der Waals surface area contributed by atoms with Gasteiger partial charge in [0.25, 0.3) is 0 Å². The second kappa shape index (κ2) is 4.17. The van der Waals surface area contributed by atoms with Gasteiger partial charge in [0.2, 0.25) is 0 Å². The number of hydrogen-bond acceptors (Lipinski definition) is 2. The molecule has 0 saturated heterocycles. The monoisotopic (exact) mass is 186 g/mol. The summed E-state index contributed by atoms with van der Waals surface area (Å²) in [6.45, 7) is 3.62. The van der Waals surface area contributed by atoms with E-state index in [1.807, 2.05) is 0 Å². The molecule has 0 amide bonds. The van der Waals surface area contributed by atoms with Crippen LogP contribution < -0.4 is 10.2 Å². The van der Waals surface area contributed by atoms with Crippen molar-refractivity contribution in [2.45, 2.75) is 6.54 Å². The fraction of sp³-hybridized carbons (Fsp3) is 0.333. The van der Waals surface area contributed by atoms with Gasteiger partial charge >= 0.3 is 0 Å². The lowest BCUT2D eigenvalue weighted by Crippen LogP contribution is -2.28. The summed E-state index contributed by atoms with van der Waals surface area (Å²) in [5, 5.41) is 3.38. The first-order chi connectivity index (χ1) is 6.92. The van der Waals surface area contributed by atoms with E-state index in [0.29, 0.717) is 6.54 Å². The van der Waals surface area contributed by atoms with Gasteiger partial charge in [-0.25, -0.2) is 0 Å². The molecule has 0 saturated carbocycles. The van der Waals surface area contributed by atoms with E-state index >= 15 is 0 Å². The largest absolute Gasteiger partial charge is 0.359 e. The van der Waals surface area contributed by atoms with Crippen molar-refractivity contribution in [1.82, 2.24) is 5.32 Å². The van der Waals surface area contributed by atoms with E-state index in [0.717, 1.165) is 19.6 Å². The van der Waals surface area contributed by atoms with Crippen LogP contribution in [0.3, 0.4) is 0 Å². The molecule has 72 valence electrons. The third-order valence-corrected chi connectivity index (χ3v) is 2.49. The summed E-state index contributed by atoms with van der Waals surface area (Å²) in [7, 11) is 0. The quantitative estimate of drug-likeness (QED) is 0.664. The molecule has 0 atom stereocenters. The van der Waals surface area contributed by atoms with Crippen molar-refractivity contribution >= 4 is 5.69 Å². The van der Waals surface area contributed by atoms with E-state index in [1.165, 1.54) is 11.3 Å². The van der Waals surface area contributed by atoms with E-state index in [2.05, 4.69) is 40.4 Å². The first kappa shape index (κ1) is 9.11. The van der Waals surface area contributed by atoms with E-state index in [4.69, 9.17) is 6.42 Å². The van der Waals surface area contributed by atoms with Crippen molar-refractivity contribution in [3.05, 3.63) is 29.8 Å². The summed E-state index contributed by atoms with van der Waals surface area (Å²) in [4.78, 5) is 2.25. The molecule has 0 bridgehead atoms. The normalized spacial score (nSPS) is 15.5. The maximum Gasteiger partial charge on any atom is 0.0792 e. The predicted octanol–water partition coefficient (Wildman–Crippen LogP) is 1.23. The lowest BCUT2D eigenvalue weighted by molar-refractivity contribution is 0.701. The summed E-state index contributed by atoms with van der Waals surface area (Å²) >= 11 is 0. The molecule has 1 N–H and O–H groups in total. The number of nitrogens with zero attached hydrogens (tertiary/aromatic N) is 1. The SMILES string of the molecule is C#CCN1CCNCc2ccccc21. The third-order valence-electron chi connectivity index (χ3n) is 2.49. The molecule has 14 heavy (non-hydrogen) atoms. The van der Waals surface area contributed by atoms with Crippen molar-refractivity contribution in [2.75, 3.05) is 24.5 Å². The highest BCUT2D eigenvalue weighted by Crippen LogP contribution is 2.21. The van der Waals surface area contributed by atoms with Crippen LogP contribution in [-0.2, 0) is 6.54 Å². The number of terminal acetylenes is 1. The van der Waals surface area contributed by atoms with Gasteiger partial charge in [0.1, 0.15) is 0 Å². The lowest BCUT2D eigenvalue weighted by Gasteiger charge is -2.21. The van der Waals surface area contributed by atoms with Crippen LogP contribution in [0.4, 0.5) is 5.69 Å². The fourth-order valence-corrected chi connectivity index (χ4v) is 1.80. The molecule has 1 aliphatic heterocycles. The Morgan fingerprint density at radius 3 is 3.14 bits per heavy atom. The molecule has 1 aliphatic rings. The minimum absolute atomic E-state index is 0.693. The molecule has 0 aliphatic carbocycles. The molecule has 2 nitrogen and oxygen atoms in total. The lowest BCUT2D eigenvalue weighted by atomic mass is 10.1. The number of para-hydroxylation sites is 1. The van der Waals surface area contributed by atoms with Crippen molar-refractivity contribution in [3.8, 4) is 12.3 Å². The van der Waals surface area contributed by atoms with Crippen LogP contribution in [0.25, 0.3) is 0 Å². The Bertz CT molecular complexity index is 352. The standard InChI is InChI=1S/C12H14N2/c1-2-8-14-9-7-13-10-11-5-3-4-6-12(11)14/h1,3-6,13H,7-10H2. The van der Waals surface area contributed by atoms with Gasteiger partial charge in [-0.2, -0.15) is 0 Å². The number of rotatable bonds is 1. The molecule has 1 heterocycles. The Hall–Kier alpha value is -1.46. The molecule has 1 aromatic rings. The van der Waals surface area contributed by atoms with Gasteiger partial charge in [-0.05, 0) is 11.6 Å². The summed E-state index contributed by atoms with van der Waals surface area (Å²) in [6, 6.07) is 8.42. The molecular weight excluding hydrogens is 172 g/mol. The highest BCUT2D eigenvalue weighted by atomic mass is 15.2. The zero-order chi connectivity index (χ0) is 9.80. The molecule has 0 unspecified atom stereocenters. The second-order valence-electron chi connectivity index (χ2n) is 3.43. The first-order valence-corrected chi connectivity index (χ1v) is 4.89. The number of hydrogen-bond donors (Lipinski definition) is 1. The van der Waals surface area contributed by atoms with E-state index in [9.17, 15) is 0 Å². The van der Waals surface area contributed by atoms with Crippen molar-refractivity contribution in [3.63, 3.8) is 0 Å². The van der Waals surface area contributed by atoms with E-state index < -0.39 is 0 Å². The Kier molecular flexibility index (Phi) is 2.71. The molecule has 0 fully saturated rings. The van der Waals surface area contributed by atoms with Crippen LogP contribution in [-0.4, -0.2) is 19.6 Å². The van der Waals surface area contributed by atoms with Gasteiger partial charge in [-0.3, -0.25) is 0 Å². The fourth-order valence-electron chi connectivity index (χ4n) is 1.80. The average molecular weight is 186 g/mol. The molecule has 0 radical (unpaired) electrons. The van der Waals surface area contributed by atoms with E-state index in [1.54, 1.807) is 0 Å². The maximum absolute atomic E-state index is 5.36. The minimum Gasteiger partial charge on any atom is -0.359 e. The van der Waals surface area contributed by atoms with Gasteiger partial charge in [0.05, 0.1) is 6.54 Å². The Labute approximate surface area is 84.9 Å². The Morgan fingerprint density at radius 2 is 2.29 bits per heavy atom. The summed E-state index contributed by atoms with van der Waals surface area (Å²) in [6.07, 6.45) is 5.36. The highest BCUT2D eigenvalue weighted by Gasteiger charge is 2.12. The van der Waals surface area contributed by atoms with Crippen LogP contribution in [0.5, 0.6) is 0 Å². The number of anilines is 1. The molecule has 0 spiro atoms. The van der Waals surface area contributed by atoms with Crippen molar-refractivity contribution < 1.29 is 0 Å². The van der Waals surface area contributed by atoms with Crippen molar-refractivity contribution in [2.24, 2.45) is 0 Å². The first-order valence-electron chi connectivity index (χ1n) is 4.89. The summed E-state index contributed by atoms with van der Waals surface area (Å²) in [5.74, 6) is 2.70. The summed E-state index contributed by atoms with van der Waals surface area (Å²) < 4.78 is 0. The van der Waals surface area contributed by atoms with Crippen LogP contribution in [0.15, 0.2) is 24.3 Å². The van der Waals surface area contributed by atoms with E-state index in [-0.39, 0.29) is 0 Å². The molecular formula is C12H14N2. The van der Waals surface area contributed by atoms with Crippen LogP contribution in [0.1, 0.15) is 5.56 Å². The van der Waals surface area contributed by atoms with Gasteiger partial charge in [0, 0.05) is 25.3 Å². The van der Waals surface area contributed by atoms with Gasteiger partial charge in [-0.1, -0.05) is 24.1 Å². The molecule has 1 aromatic carbocycles. The zero-order valence-corrected chi connectivity index (χ0v) is 8.16. The Morgan fingerprint density at radius 1 is 1.43 bits per heavy atom. The average Bonchev–Trinajstić information content (AvgIpc) is 2.42. The number of nitrogens with one attached hydrogen (secondary N) is 1. The zero-order valence-electron chi connectivity index (χ0n) is 8.16. The van der Waals surface area contributed by atoms with Crippen molar-refractivity contribution in [1.29, 1.82) is 0 Å². The molecule has 0 aromatic heterocycles. The smallest absolute Gasteiger partial charge is 0.0792 e.